The van der Waals surface area contributed by atoms with Gasteiger partial charge in [-0.2, -0.15) is 4.31 Å². The van der Waals surface area contributed by atoms with Gasteiger partial charge in [-0.05, 0) is 36.2 Å². The molecule has 0 atom stereocenters. The second-order valence-electron chi connectivity index (χ2n) is 6.80. The standard InChI is InChI=1S/C20H26N2O4S2/c1-3-4-10-21(2)20(23)17-7-5-6-16(15-17)18-8-9-19(27-18)28(24,25)22-11-13-26-14-12-22/h5-9,15H,3-4,10-14H2,1-2H3. The molecule has 0 spiro atoms. The molecule has 0 saturated carbocycles. The van der Waals surface area contributed by atoms with Gasteiger partial charge in [0.2, 0.25) is 0 Å². The molecule has 1 fully saturated rings. The lowest BCUT2D eigenvalue weighted by molar-refractivity contribution is 0.0731. The van der Waals surface area contributed by atoms with Gasteiger partial charge in [0.1, 0.15) is 4.21 Å². The monoisotopic (exact) mass is 422 g/mol. The van der Waals surface area contributed by atoms with Crippen LogP contribution in [0.25, 0.3) is 10.4 Å². The molecule has 0 bridgehead atoms. The number of rotatable bonds is 7. The van der Waals surface area contributed by atoms with Gasteiger partial charge in [0.05, 0.1) is 13.2 Å². The van der Waals surface area contributed by atoms with Crippen molar-refractivity contribution in [2.24, 2.45) is 0 Å². The summed E-state index contributed by atoms with van der Waals surface area (Å²) in [6.07, 6.45) is 2.00. The highest BCUT2D eigenvalue weighted by Crippen LogP contribution is 2.33. The number of unbranched alkanes of at least 4 members (excludes halogenated alkanes) is 1. The van der Waals surface area contributed by atoms with Crippen LogP contribution in [0.4, 0.5) is 0 Å². The summed E-state index contributed by atoms with van der Waals surface area (Å²) in [7, 11) is -1.69. The van der Waals surface area contributed by atoms with Crippen LogP contribution >= 0.6 is 11.3 Å². The van der Waals surface area contributed by atoms with E-state index in [9.17, 15) is 13.2 Å². The molecule has 1 amide bonds. The molecule has 0 N–H and O–H groups in total. The van der Waals surface area contributed by atoms with E-state index in [1.165, 1.54) is 15.6 Å². The van der Waals surface area contributed by atoms with Gasteiger partial charge in [0, 0.05) is 37.1 Å². The van der Waals surface area contributed by atoms with Crippen molar-refractivity contribution >= 4 is 27.3 Å². The number of benzene rings is 1. The highest BCUT2D eigenvalue weighted by Gasteiger charge is 2.28. The molecule has 3 rings (SSSR count). The second-order valence-corrected chi connectivity index (χ2v) is 10.0. The summed E-state index contributed by atoms with van der Waals surface area (Å²) in [6.45, 7) is 4.42. The minimum absolute atomic E-state index is 0.0204. The van der Waals surface area contributed by atoms with Crippen LogP contribution in [-0.4, -0.2) is 63.4 Å². The molecular weight excluding hydrogens is 396 g/mol. The van der Waals surface area contributed by atoms with Crippen LogP contribution in [0.2, 0.25) is 0 Å². The van der Waals surface area contributed by atoms with Crippen LogP contribution in [0.1, 0.15) is 30.1 Å². The number of sulfonamides is 1. The van der Waals surface area contributed by atoms with E-state index < -0.39 is 10.0 Å². The maximum absolute atomic E-state index is 12.8. The SMILES string of the molecule is CCCCN(C)C(=O)c1cccc(-c2ccc(S(=O)(=O)N3CCOCC3)s2)c1. The first-order valence-electron chi connectivity index (χ1n) is 9.47. The van der Waals surface area contributed by atoms with Gasteiger partial charge in [0.25, 0.3) is 15.9 Å². The lowest BCUT2D eigenvalue weighted by atomic mass is 10.1. The minimum atomic E-state index is -3.50. The van der Waals surface area contributed by atoms with E-state index in [2.05, 4.69) is 6.92 Å². The molecule has 1 aromatic heterocycles. The summed E-state index contributed by atoms with van der Waals surface area (Å²) in [5.41, 5.74) is 1.46. The van der Waals surface area contributed by atoms with Crippen LogP contribution in [0.3, 0.4) is 0 Å². The molecule has 8 heteroatoms. The highest BCUT2D eigenvalue weighted by molar-refractivity contribution is 7.91. The van der Waals surface area contributed by atoms with Crippen LogP contribution in [0.15, 0.2) is 40.6 Å². The molecule has 0 radical (unpaired) electrons. The molecule has 6 nitrogen and oxygen atoms in total. The summed E-state index contributed by atoms with van der Waals surface area (Å²) in [6, 6.07) is 10.8. The number of amides is 1. The Morgan fingerprint density at radius 1 is 1.21 bits per heavy atom. The van der Waals surface area contributed by atoms with Crippen molar-refractivity contribution in [3.63, 3.8) is 0 Å². The molecule has 2 aromatic rings. The Labute approximate surface area is 170 Å². The third kappa shape index (κ3) is 4.63. The number of carbonyl (C=O) groups excluding carboxylic acids is 1. The van der Waals surface area contributed by atoms with Gasteiger partial charge in [0.15, 0.2) is 0 Å². The van der Waals surface area contributed by atoms with E-state index in [-0.39, 0.29) is 5.91 Å². The molecule has 152 valence electrons. The van der Waals surface area contributed by atoms with Crippen molar-refractivity contribution in [3.05, 3.63) is 42.0 Å². The van der Waals surface area contributed by atoms with E-state index in [0.717, 1.165) is 29.8 Å². The number of nitrogens with zero attached hydrogens (tertiary/aromatic N) is 2. The maximum atomic E-state index is 12.8. The quantitative estimate of drug-likeness (QED) is 0.687. The van der Waals surface area contributed by atoms with Gasteiger partial charge < -0.3 is 9.64 Å². The smallest absolute Gasteiger partial charge is 0.253 e. The fourth-order valence-electron chi connectivity index (χ4n) is 3.05. The average molecular weight is 423 g/mol. The number of ether oxygens (including phenoxy) is 1. The largest absolute Gasteiger partial charge is 0.379 e. The normalized spacial score (nSPS) is 15.5. The van der Waals surface area contributed by atoms with Crippen molar-refractivity contribution in [1.29, 1.82) is 0 Å². The van der Waals surface area contributed by atoms with Crippen LogP contribution in [-0.2, 0) is 14.8 Å². The summed E-state index contributed by atoms with van der Waals surface area (Å²) < 4.78 is 32.7. The Morgan fingerprint density at radius 2 is 1.96 bits per heavy atom. The van der Waals surface area contributed by atoms with Gasteiger partial charge in [-0.15, -0.1) is 11.3 Å². The molecular formula is C20H26N2O4S2. The minimum Gasteiger partial charge on any atom is -0.379 e. The third-order valence-electron chi connectivity index (χ3n) is 4.73. The van der Waals surface area contributed by atoms with E-state index >= 15 is 0 Å². The zero-order valence-electron chi connectivity index (χ0n) is 16.3. The Balaban J connectivity index is 1.81. The Kier molecular flexibility index (Phi) is 6.87. The van der Waals surface area contributed by atoms with Crippen molar-refractivity contribution in [3.8, 4) is 10.4 Å². The van der Waals surface area contributed by atoms with Crippen LogP contribution in [0, 0.1) is 0 Å². The molecule has 0 unspecified atom stereocenters. The molecule has 2 heterocycles. The van der Waals surface area contributed by atoms with Gasteiger partial charge >= 0.3 is 0 Å². The molecule has 1 saturated heterocycles. The first-order chi connectivity index (χ1) is 13.4. The van der Waals surface area contributed by atoms with E-state index in [4.69, 9.17) is 4.74 Å². The summed E-state index contributed by atoms with van der Waals surface area (Å²) in [5.74, 6) is -0.0204. The van der Waals surface area contributed by atoms with Gasteiger partial charge in [-0.3, -0.25) is 4.79 Å². The Morgan fingerprint density at radius 3 is 2.68 bits per heavy atom. The summed E-state index contributed by atoms with van der Waals surface area (Å²) in [5, 5.41) is 0. The molecule has 28 heavy (non-hydrogen) atoms. The molecule has 1 aliphatic heterocycles. The fraction of sp³-hybridized carbons (Fsp3) is 0.450. The predicted molar refractivity (Wildman–Crippen MR) is 111 cm³/mol. The van der Waals surface area contributed by atoms with Crippen LogP contribution < -0.4 is 0 Å². The first kappa shape index (κ1) is 21.0. The Bertz CT molecular complexity index is 918. The molecule has 0 aliphatic carbocycles. The number of carbonyl (C=O) groups is 1. The average Bonchev–Trinajstić information content (AvgIpc) is 3.23. The predicted octanol–water partition coefficient (Wildman–Crippen LogP) is 3.31. The highest BCUT2D eigenvalue weighted by atomic mass is 32.2. The lowest BCUT2D eigenvalue weighted by Gasteiger charge is -2.25. The van der Waals surface area contributed by atoms with E-state index in [1.807, 2.05) is 31.3 Å². The van der Waals surface area contributed by atoms with Crippen molar-refractivity contribution in [2.45, 2.75) is 24.0 Å². The Hall–Kier alpha value is -1.74. The number of morpholine rings is 1. The fourth-order valence-corrected chi connectivity index (χ4v) is 5.92. The third-order valence-corrected chi connectivity index (χ3v) is 8.23. The summed E-state index contributed by atoms with van der Waals surface area (Å²) in [4.78, 5) is 15.2. The van der Waals surface area contributed by atoms with Crippen molar-refractivity contribution in [2.75, 3.05) is 39.9 Å². The zero-order valence-corrected chi connectivity index (χ0v) is 17.9. The number of hydrogen-bond donors (Lipinski definition) is 0. The topological polar surface area (TPSA) is 66.9 Å². The number of thiophene rings is 1. The number of hydrogen-bond acceptors (Lipinski definition) is 5. The first-order valence-corrected chi connectivity index (χ1v) is 11.7. The summed E-state index contributed by atoms with van der Waals surface area (Å²) >= 11 is 1.23. The van der Waals surface area contributed by atoms with E-state index in [0.29, 0.717) is 36.1 Å². The second kappa shape index (κ2) is 9.17. The maximum Gasteiger partial charge on any atom is 0.253 e. The van der Waals surface area contributed by atoms with Gasteiger partial charge in [-0.1, -0.05) is 25.5 Å². The van der Waals surface area contributed by atoms with Crippen LogP contribution in [0.5, 0.6) is 0 Å². The van der Waals surface area contributed by atoms with Crippen molar-refractivity contribution < 1.29 is 17.9 Å². The zero-order chi connectivity index (χ0) is 20.1. The van der Waals surface area contributed by atoms with Gasteiger partial charge in [-0.25, -0.2) is 8.42 Å². The van der Waals surface area contributed by atoms with E-state index in [1.54, 1.807) is 17.0 Å². The molecule has 1 aromatic carbocycles. The van der Waals surface area contributed by atoms with Crippen molar-refractivity contribution in [1.82, 2.24) is 9.21 Å². The lowest BCUT2D eigenvalue weighted by Crippen LogP contribution is -2.40. The molecule has 1 aliphatic rings.